The Kier molecular flexibility index (Phi) is 6.86. The van der Waals surface area contributed by atoms with E-state index in [1.807, 2.05) is 31.2 Å². The molecule has 1 N–H and O–H groups in total. The summed E-state index contributed by atoms with van der Waals surface area (Å²) in [6.07, 6.45) is 1.54. The zero-order valence-corrected chi connectivity index (χ0v) is 17.7. The van der Waals surface area contributed by atoms with E-state index in [2.05, 4.69) is 22.0 Å². The van der Waals surface area contributed by atoms with Crippen LogP contribution < -0.4 is 10.1 Å². The van der Waals surface area contributed by atoms with Gasteiger partial charge in [0.1, 0.15) is 5.75 Å². The van der Waals surface area contributed by atoms with Crippen LogP contribution in [0.5, 0.6) is 5.75 Å². The number of benzene rings is 2. The van der Waals surface area contributed by atoms with Gasteiger partial charge in [-0.1, -0.05) is 11.2 Å². The van der Waals surface area contributed by atoms with Gasteiger partial charge in [0, 0.05) is 24.8 Å². The molecule has 0 fully saturated rings. The molecule has 9 heteroatoms. The van der Waals surface area contributed by atoms with Gasteiger partial charge in [-0.3, -0.25) is 0 Å². The first-order valence-corrected chi connectivity index (χ1v) is 10.8. The Morgan fingerprint density at radius 1 is 1.17 bits per heavy atom. The van der Waals surface area contributed by atoms with Gasteiger partial charge in [0.2, 0.25) is 21.7 Å². The number of rotatable bonds is 10. The van der Waals surface area contributed by atoms with Crippen LogP contribution in [0.4, 0.5) is 5.69 Å². The monoisotopic (exact) mass is 428 g/mol. The molecule has 0 bridgehead atoms. The first-order valence-electron chi connectivity index (χ1n) is 9.41. The molecule has 0 aliphatic rings. The van der Waals surface area contributed by atoms with Gasteiger partial charge in [0.05, 0.1) is 18.0 Å². The topological polar surface area (TPSA) is 97.6 Å². The fourth-order valence-electron chi connectivity index (χ4n) is 2.69. The first kappa shape index (κ1) is 21.5. The van der Waals surface area contributed by atoms with Crippen LogP contribution in [0.2, 0.25) is 0 Å². The van der Waals surface area contributed by atoms with E-state index in [4.69, 9.17) is 9.26 Å². The highest BCUT2D eigenvalue weighted by Crippen LogP contribution is 2.21. The van der Waals surface area contributed by atoms with E-state index >= 15 is 0 Å². The van der Waals surface area contributed by atoms with Gasteiger partial charge in [0.15, 0.2) is 0 Å². The number of hydrogen-bond acceptors (Lipinski definition) is 7. The Morgan fingerprint density at radius 2 is 1.87 bits per heavy atom. The Labute approximate surface area is 176 Å². The lowest BCUT2D eigenvalue weighted by molar-refractivity contribution is 0.340. The molecule has 0 aliphatic heterocycles. The van der Waals surface area contributed by atoms with Crippen molar-refractivity contribution in [2.45, 2.75) is 18.4 Å². The van der Waals surface area contributed by atoms with Crippen LogP contribution in [-0.4, -0.2) is 43.1 Å². The average Bonchev–Trinajstić information content (AvgIpc) is 3.22. The maximum absolute atomic E-state index is 12.4. The molecule has 3 rings (SSSR count). The third-order valence-corrected chi connectivity index (χ3v) is 6.12. The van der Waals surface area contributed by atoms with Gasteiger partial charge in [-0.2, -0.15) is 9.29 Å². The molecule has 2 aromatic carbocycles. The Morgan fingerprint density at radius 3 is 2.50 bits per heavy atom. The number of nitrogens with one attached hydrogen (secondary N) is 1. The number of anilines is 1. The van der Waals surface area contributed by atoms with Crippen molar-refractivity contribution in [2.75, 3.05) is 25.5 Å². The van der Waals surface area contributed by atoms with E-state index in [0.717, 1.165) is 17.0 Å². The van der Waals surface area contributed by atoms with Gasteiger partial charge < -0.3 is 14.6 Å². The summed E-state index contributed by atoms with van der Waals surface area (Å²) in [5, 5.41) is 7.14. The zero-order valence-electron chi connectivity index (χ0n) is 16.9. The van der Waals surface area contributed by atoms with Gasteiger partial charge in [-0.25, -0.2) is 8.42 Å². The maximum Gasteiger partial charge on any atom is 0.246 e. The molecule has 0 unspecified atom stereocenters. The van der Waals surface area contributed by atoms with Crippen molar-refractivity contribution in [3.8, 4) is 17.1 Å². The molecule has 1 aromatic heterocycles. The van der Waals surface area contributed by atoms with E-state index in [1.54, 1.807) is 30.3 Å². The van der Waals surface area contributed by atoms with Gasteiger partial charge in [-0.15, -0.1) is 6.58 Å². The Bertz CT molecular complexity index is 1080. The summed E-state index contributed by atoms with van der Waals surface area (Å²) in [6.45, 7) is 6.66. The highest BCUT2D eigenvalue weighted by molar-refractivity contribution is 7.89. The number of ether oxygens (including phenoxy) is 1. The van der Waals surface area contributed by atoms with Crippen LogP contribution in [-0.2, 0) is 16.6 Å². The van der Waals surface area contributed by atoms with E-state index < -0.39 is 10.0 Å². The zero-order chi connectivity index (χ0) is 21.6. The van der Waals surface area contributed by atoms with Crippen LogP contribution in [0, 0.1) is 0 Å². The van der Waals surface area contributed by atoms with Crippen LogP contribution in [0.3, 0.4) is 0 Å². The predicted molar refractivity (Wildman–Crippen MR) is 115 cm³/mol. The molecule has 30 heavy (non-hydrogen) atoms. The fourth-order valence-corrected chi connectivity index (χ4v) is 3.83. The van der Waals surface area contributed by atoms with Crippen molar-refractivity contribution in [2.24, 2.45) is 0 Å². The molecule has 0 saturated carbocycles. The van der Waals surface area contributed by atoms with Crippen molar-refractivity contribution >= 4 is 15.7 Å². The number of aromatic nitrogens is 2. The highest BCUT2D eigenvalue weighted by Gasteiger charge is 2.19. The molecule has 1 heterocycles. The molecule has 0 radical (unpaired) electrons. The number of nitrogens with zero attached hydrogens (tertiary/aromatic N) is 3. The molecule has 0 spiro atoms. The van der Waals surface area contributed by atoms with E-state index in [-0.39, 0.29) is 11.4 Å². The lowest BCUT2D eigenvalue weighted by Gasteiger charge is -2.15. The summed E-state index contributed by atoms with van der Waals surface area (Å²) in [5.41, 5.74) is 1.56. The molecule has 8 nitrogen and oxygen atoms in total. The Hall–Kier alpha value is -3.17. The minimum atomic E-state index is -3.53. The summed E-state index contributed by atoms with van der Waals surface area (Å²) in [4.78, 5) is 4.59. The summed E-state index contributed by atoms with van der Waals surface area (Å²) in [6, 6.07) is 13.9. The van der Waals surface area contributed by atoms with Crippen LogP contribution in [0.1, 0.15) is 12.8 Å². The van der Waals surface area contributed by atoms with Gasteiger partial charge >= 0.3 is 0 Å². The lowest BCUT2D eigenvalue weighted by Crippen LogP contribution is -2.26. The summed E-state index contributed by atoms with van der Waals surface area (Å²) in [7, 11) is -2.02. The number of sulfonamides is 1. The molecular formula is C21H24N4O4S. The average molecular weight is 429 g/mol. The largest absolute Gasteiger partial charge is 0.494 e. The van der Waals surface area contributed by atoms with Crippen LogP contribution in [0.25, 0.3) is 11.4 Å². The van der Waals surface area contributed by atoms with Crippen LogP contribution in [0.15, 0.2) is 70.6 Å². The highest BCUT2D eigenvalue weighted by atomic mass is 32.2. The smallest absolute Gasteiger partial charge is 0.246 e. The normalized spacial score (nSPS) is 11.4. The second-order valence-corrected chi connectivity index (χ2v) is 8.47. The van der Waals surface area contributed by atoms with E-state index in [1.165, 1.54) is 11.4 Å². The molecule has 0 amide bonds. The second kappa shape index (κ2) is 9.55. The third kappa shape index (κ3) is 5.05. The number of hydrogen-bond donors (Lipinski definition) is 1. The quantitative estimate of drug-likeness (QED) is 0.493. The van der Waals surface area contributed by atoms with Crippen molar-refractivity contribution < 1.29 is 17.7 Å². The molecule has 158 valence electrons. The molecular weight excluding hydrogens is 404 g/mol. The molecule has 0 aliphatic carbocycles. The SMILES string of the molecule is C=CCN(C)S(=O)(=O)c1ccc(NCc2nc(-c3ccc(OCC)cc3)no2)cc1. The third-order valence-electron chi connectivity index (χ3n) is 4.28. The van der Waals surface area contributed by atoms with Gasteiger partial charge in [-0.05, 0) is 55.5 Å². The summed E-state index contributed by atoms with van der Waals surface area (Å²) < 4.78 is 36.8. The summed E-state index contributed by atoms with van der Waals surface area (Å²) >= 11 is 0. The van der Waals surface area contributed by atoms with Crippen molar-refractivity contribution in [3.05, 3.63) is 67.1 Å². The standard InChI is InChI=1S/C21H24N4O4S/c1-4-14-25(3)30(26,27)19-12-8-17(9-13-19)22-15-20-23-21(24-29-20)16-6-10-18(11-7-16)28-5-2/h4,6-13,22H,1,5,14-15H2,2-3H3. The fraction of sp³-hybridized carbons (Fsp3) is 0.238. The maximum atomic E-state index is 12.4. The minimum Gasteiger partial charge on any atom is -0.494 e. The van der Waals surface area contributed by atoms with Crippen LogP contribution >= 0.6 is 0 Å². The minimum absolute atomic E-state index is 0.216. The first-order chi connectivity index (χ1) is 14.4. The number of likely N-dealkylation sites (N-methyl/N-ethyl adjacent to an activating group) is 1. The Balaban J connectivity index is 1.62. The molecule has 3 aromatic rings. The van der Waals surface area contributed by atoms with E-state index in [0.29, 0.717) is 24.9 Å². The van der Waals surface area contributed by atoms with Crippen molar-refractivity contribution in [3.63, 3.8) is 0 Å². The summed E-state index contributed by atoms with van der Waals surface area (Å²) in [5.74, 6) is 1.69. The second-order valence-electron chi connectivity index (χ2n) is 6.42. The van der Waals surface area contributed by atoms with Crippen molar-refractivity contribution in [1.82, 2.24) is 14.4 Å². The molecule has 0 saturated heterocycles. The van der Waals surface area contributed by atoms with E-state index in [9.17, 15) is 8.42 Å². The van der Waals surface area contributed by atoms with Gasteiger partial charge in [0.25, 0.3) is 0 Å². The van der Waals surface area contributed by atoms with Crippen molar-refractivity contribution in [1.29, 1.82) is 0 Å². The molecule has 0 atom stereocenters. The lowest BCUT2D eigenvalue weighted by atomic mass is 10.2. The predicted octanol–water partition coefficient (Wildman–Crippen LogP) is 3.55.